The molecule has 1 heterocycles. The van der Waals surface area contributed by atoms with E-state index in [1.165, 1.54) is 0 Å². The van der Waals surface area contributed by atoms with Crippen LogP contribution in [0.1, 0.15) is 0 Å². The zero-order valence-corrected chi connectivity index (χ0v) is 6.58. The highest BCUT2D eigenvalue weighted by Gasteiger charge is 2.31. The predicted octanol–water partition coefficient (Wildman–Crippen LogP) is 0.332. The minimum atomic E-state index is -1.35. The molecule has 10 heavy (non-hydrogen) atoms. The van der Waals surface area contributed by atoms with Crippen LogP contribution in [-0.2, 0) is 14.3 Å². The Balaban J connectivity index is 2.71. The van der Waals surface area contributed by atoms with Crippen LogP contribution in [0.15, 0.2) is 0 Å². The summed E-state index contributed by atoms with van der Waals surface area (Å²) in [6, 6.07) is 0. The Labute approximate surface area is 65.8 Å². The number of rotatable bonds is 0. The second-order valence-corrected chi connectivity index (χ2v) is 4.27. The number of hydrogen-bond acceptors (Lipinski definition) is 3. The molecule has 0 aromatic carbocycles. The molecule has 2 nitrogen and oxygen atoms in total. The molecular weight excluding hydrogens is 168 g/mol. The van der Waals surface area contributed by atoms with Gasteiger partial charge in [-0.15, -0.1) is 12.8 Å². The lowest BCUT2D eigenvalue weighted by atomic mass is 10.3. The van der Waals surface area contributed by atoms with Crippen molar-refractivity contribution in [1.29, 1.82) is 0 Å². The van der Waals surface area contributed by atoms with Gasteiger partial charge >= 0.3 is 0 Å². The SMILES string of the molecule is C#CC1OS(=O)SC1C#C. The van der Waals surface area contributed by atoms with Gasteiger partial charge in [-0.25, -0.2) is 4.21 Å². The van der Waals surface area contributed by atoms with E-state index in [9.17, 15) is 4.21 Å². The largest absolute Gasteiger partial charge is 0.263 e. The first-order chi connectivity index (χ1) is 4.77. The predicted molar refractivity (Wildman–Crippen MR) is 42.1 cm³/mol. The fourth-order valence-corrected chi connectivity index (χ4v) is 2.80. The Kier molecular flexibility index (Phi) is 2.39. The molecule has 1 rings (SSSR count). The topological polar surface area (TPSA) is 26.3 Å². The minimum Gasteiger partial charge on any atom is -0.263 e. The molecule has 1 fully saturated rings. The second kappa shape index (κ2) is 3.12. The summed E-state index contributed by atoms with van der Waals surface area (Å²) in [7, 11) is -0.281. The van der Waals surface area contributed by atoms with E-state index in [0.717, 1.165) is 10.8 Å². The monoisotopic (exact) mass is 172 g/mol. The second-order valence-electron chi connectivity index (χ2n) is 1.57. The van der Waals surface area contributed by atoms with Crippen molar-refractivity contribution in [2.45, 2.75) is 11.4 Å². The van der Waals surface area contributed by atoms with Crippen molar-refractivity contribution < 1.29 is 8.39 Å². The van der Waals surface area contributed by atoms with Crippen LogP contribution in [0.4, 0.5) is 0 Å². The van der Waals surface area contributed by atoms with Gasteiger partial charge < -0.3 is 0 Å². The maximum Gasteiger partial charge on any atom is 0.221 e. The summed E-state index contributed by atoms with van der Waals surface area (Å²) >= 11 is 0. The van der Waals surface area contributed by atoms with Crippen LogP contribution < -0.4 is 0 Å². The molecule has 0 aromatic heterocycles. The molecule has 0 radical (unpaired) electrons. The zero-order chi connectivity index (χ0) is 7.56. The van der Waals surface area contributed by atoms with Gasteiger partial charge in [0.25, 0.3) is 0 Å². The molecule has 0 spiro atoms. The fraction of sp³-hybridized carbons (Fsp3) is 0.333. The van der Waals surface area contributed by atoms with E-state index in [1.807, 2.05) is 0 Å². The van der Waals surface area contributed by atoms with Gasteiger partial charge in [0.2, 0.25) is 10.1 Å². The van der Waals surface area contributed by atoms with Crippen molar-refractivity contribution in [2.75, 3.05) is 0 Å². The summed E-state index contributed by atoms with van der Waals surface area (Å²) in [4.78, 5) is 0. The lowest BCUT2D eigenvalue weighted by Crippen LogP contribution is -2.14. The molecule has 0 amide bonds. The molecule has 3 atom stereocenters. The fourth-order valence-electron chi connectivity index (χ4n) is 0.523. The first kappa shape index (κ1) is 7.68. The van der Waals surface area contributed by atoms with Gasteiger partial charge in [0, 0.05) is 0 Å². The third kappa shape index (κ3) is 1.35. The Bertz CT molecular complexity index is 211. The summed E-state index contributed by atoms with van der Waals surface area (Å²) < 4.78 is 15.4. The van der Waals surface area contributed by atoms with E-state index < -0.39 is 16.2 Å². The zero-order valence-electron chi connectivity index (χ0n) is 4.94. The normalized spacial score (nSPS) is 38.4. The first-order valence-electron chi connectivity index (χ1n) is 2.46. The van der Waals surface area contributed by atoms with Crippen molar-refractivity contribution in [3.63, 3.8) is 0 Å². The van der Waals surface area contributed by atoms with Gasteiger partial charge in [-0.3, -0.25) is 4.18 Å². The highest BCUT2D eigenvalue weighted by Crippen LogP contribution is 2.29. The average Bonchev–Trinajstić information content (AvgIpc) is 2.30. The van der Waals surface area contributed by atoms with Gasteiger partial charge in [0.1, 0.15) is 5.25 Å². The highest BCUT2D eigenvalue weighted by atomic mass is 33.1. The Morgan fingerprint density at radius 1 is 1.50 bits per heavy atom. The van der Waals surface area contributed by atoms with Crippen LogP contribution in [0.5, 0.6) is 0 Å². The summed E-state index contributed by atoms with van der Waals surface area (Å²) in [6.07, 6.45) is 9.63. The van der Waals surface area contributed by atoms with Gasteiger partial charge in [0.15, 0.2) is 6.10 Å². The van der Waals surface area contributed by atoms with E-state index in [0.29, 0.717) is 0 Å². The molecule has 52 valence electrons. The molecule has 0 N–H and O–H groups in total. The Morgan fingerprint density at radius 3 is 2.60 bits per heavy atom. The van der Waals surface area contributed by atoms with Gasteiger partial charge in [-0.2, -0.15) is 0 Å². The van der Waals surface area contributed by atoms with Crippen molar-refractivity contribution in [3.05, 3.63) is 0 Å². The molecule has 1 aliphatic rings. The molecule has 0 saturated carbocycles. The van der Waals surface area contributed by atoms with Gasteiger partial charge in [-0.05, 0) is 10.8 Å². The summed E-state index contributed by atoms with van der Waals surface area (Å²) in [5.41, 5.74) is 0. The van der Waals surface area contributed by atoms with Crippen LogP contribution in [-0.4, -0.2) is 15.6 Å². The third-order valence-electron chi connectivity index (χ3n) is 0.968. The lowest BCUT2D eigenvalue weighted by Gasteiger charge is -1.99. The molecule has 0 aromatic rings. The third-order valence-corrected chi connectivity index (χ3v) is 3.41. The molecule has 3 unspecified atom stereocenters. The van der Waals surface area contributed by atoms with Crippen LogP contribution >= 0.6 is 10.8 Å². The first-order valence-corrected chi connectivity index (χ1v) is 4.93. The van der Waals surface area contributed by atoms with Crippen LogP contribution in [0.25, 0.3) is 0 Å². The summed E-state index contributed by atoms with van der Waals surface area (Å²) in [5.74, 6) is 4.71. The van der Waals surface area contributed by atoms with E-state index in [1.54, 1.807) is 0 Å². The highest BCUT2D eigenvalue weighted by molar-refractivity contribution is 8.68. The molecule has 0 bridgehead atoms. The number of hydrogen-bond donors (Lipinski definition) is 0. The molecule has 1 saturated heterocycles. The Morgan fingerprint density at radius 2 is 2.20 bits per heavy atom. The van der Waals surface area contributed by atoms with E-state index >= 15 is 0 Å². The van der Waals surface area contributed by atoms with E-state index in [-0.39, 0.29) is 5.25 Å². The standard InChI is InChI=1S/C6H4O2S2/c1-3-5-6(4-2)9-10(7)8-5/h1-2,5-6H. The van der Waals surface area contributed by atoms with Crippen molar-refractivity contribution >= 4 is 20.9 Å². The van der Waals surface area contributed by atoms with Crippen LogP contribution in [0, 0.1) is 24.7 Å². The smallest absolute Gasteiger partial charge is 0.221 e. The molecule has 0 aliphatic carbocycles. The van der Waals surface area contributed by atoms with Gasteiger partial charge in [-0.1, -0.05) is 11.8 Å². The van der Waals surface area contributed by atoms with Gasteiger partial charge in [0.05, 0.1) is 0 Å². The Hall–Kier alpha value is -0.420. The maximum atomic E-state index is 10.6. The average molecular weight is 172 g/mol. The maximum absolute atomic E-state index is 10.6. The summed E-state index contributed by atoms with van der Waals surface area (Å²) in [5, 5.41) is -0.258. The van der Waals surface area contributed by atoms with E-state index in [2.05, 4.69) is 11.8 Å². The minimum absolute atomic E-state index is 0.258. The van der Waals surface area contributed by atoms with Crippen molar-refractivity contribution in [3.8, 4) is 24.7 Å². The summed E-state index contributed by atoms with van der Waals surface area (Å²) in [6.45, 7) is 0. The quantitative estimate of drug-likeness (QED) is 0.389. The van der Waals surface area contributed by atoms with Crippen molar-refractivity contribution in [1.82, 2.24) is 0 Å². The van der Waals surface area contributed by atoms with Crippen LogP contribution in [0.3, 0.4) is 0 Å². The molecule has 4 heteroatoms. The molecule has 1 aliphatic heterocycles. The van der Waals surface area contributed by atoms with Crippen LogP contribution in [0.2, 0.25) is 0 Å². The number of terminal acetylenes is 2. The lowest BCUT2D eigenvalue weighted by molar-refractivity contribution is 0.314. The van der Waals surface area contributed by atoms with Crippen molar-refractivity contribution in [2.24, 2.45) is 0 Å². The van der Waals surface area contributed by atoms with E-state index in [4.69, 9.17) is 17.0 Å². The molecular formula is C6H4O2S2.